The fraction of sp³-hybridized carbons (Fsp3) is 0.600. The van der Waals surface area contributed by atoms with E-state index in [4.69, 9.17) is 4.74 Å². The van der Waals surface area contributed by atoms with E-state index in [2.05, 4.69) is 4.90 Å². The lowest BCUT2D eigenvalue weighted by Gasteiger charge is -2.20. The Kier molecular flexibility index (Phi) is 4.91. The Hall–Kier alpha value is -1.11. The summed E-state index contributed by atoms with van der Waals surface area (Å²) in [6.07, 6.45) is 1.12. The number of ether oxygens (including phenoxy) is 1. The zero-order valence-corrected chi connectivity index (χ0v) is 14.0. The van der Waals surface area contributed by atoms with Gasteiger partial charge in [0.15, 0.2) is 0 Å². The largest absolute Gasteiger partial charge is 0.377 e. The van der Waals surface area contributed by atoms with Crippen LogP contribution in [0.25, 0.3) is 0 Å². The van der Waals surface area contributed by atoms with Gasteiger partial charge in [0.25, 0.3) is 0 Å². The van der Waals surface area contributed by atoms with Crippen LogP contribution in [0.5, 0.6) is 0 Å². The monoisotopic (exact) mass is 312 g/mol. The van der Waals surface area contributed by atoms with Crippen LogP contribution in [0.2, 0.25) is 0 Å². The molecule has 0 N–H and O–H groups in total. The van der Waals surface area contributed by atoms with Crippen molar-refractivity contribution in [2.24, 2.45) is 0 Å². The molecular weight excluding hydrogens is 288 g/mol. The lowest BCUT2D eigenvalue weighted by Crippen LogP contribution is -2.26. The van der Waals surface area contributed by atoms with E-state index in [-0.39, 0.29) is 6.10 Å². The van der Waals surface area contributed by atoms with Gasteiger partial charge in [-0.25, -0.2) is 12.7 Å². The molecule has 1 heterocycles. The maximum absolute atomic E-state index is 12.2. The van der Waals surface area contributed by atoms with Crippen LogP contribution in [-0.2, 0) is 21.2 Å². The van der Waals surface area contributed by atoms with Crippen LogP contribution in [0.3, 0.4) is 0 Å². The number of benzene rings is 1. The molecule has 0 saturated heterocycles. The molecule has 0 amide bonds. The highest BCUT2D eigenvalue weighted by Crippen LogP contribution is 2.30. The van der Waals surface area contributed by atoms with Crippen molar-refractivity contribution in [1.29, 1.82) is 0 Å². The number of nitrogens with zero attached hydrogens (tertiary/aromatic N) is 2. The molecular formula is C15H24N2O3S. The highest BCUT2D eigenvalue weighted by molar-refractivity contribution is 7.89. The number of sulfonamides is 1. The van der Waals surface area contributed by atoms with Crippen molar-refractivity contribution in [3.05, 3.63) is 23.8 Å². The molecule has 1 aromatic rings. The number of hydrogen-bond acceptors (Lipinski definition) is 4. The molecule has 21 heavy (non-hydrogen) atoms. The number of hydrogen-bond donors (Lipinski definition) is 0. The lowest BCUT2D eigenvalue weighted by atomic mass is 10.2. The molecule has 0 unspecified atom stereocenters. The molecule has 118 valence electrons. The number of rotatable bonds is 6. The van der Waals surface area contributed by atoms with Crippen LogP contribution >= 0.6 is 0 Å². The summed E-state index contributed by atoms with van der Waals surface area (Å²) >= 11 is 0. The van der Waals surface area contributed by atoms with E-state index in [1.807, 2.05) is 19.9 Å². The van der Waals surface area contributed by atoms with Crippen LogP contribution in [0, 0.1) is 0 Å². The summed E-state index contributed by atoms with van der Waals surface area (Å²) < 4.78 is 31.1. The van der Waals surface area contributed by atoms with E-state index in [9.17, 15) is 8.42 Å². The first-order valence-electron chi connectivity index (χ1n) is 7.24. The van der Waals surface area contributed by atoms with Gasteiger partial charge in [0.1, 0.15) is 0 Å². The summed E-state index contributed by atoms with van der Waals surface area (Å²) in [4.78, 5) is 2.62. The minimum Gasteiger partial charge on any atom is -0.377 e. The zero-order valence-electron chi connectivity index (χ0n) is 13.2. The lowest BCUT2D eigenvalue weighted by molar-refractivity contribution is 0.0843. The third-order valence-corrected chi connectivity index (χ3v) is 5.44. The summed E-state index contributed by atoms with van der Waals surface area (Å²) in [5.74, 6) is 0. The van der Waals surface area contributed by atoms with E-state index in [0.29, 0.717) is 11.5 Å². The smallest absolute Gasteiger partial charge is 0.242 e. The molecule has 0 saturated carbocycles. The van der Waals surface area contributed by atoms with E-state index in [1.165, 1.54) is 4.31 Å². The fourth-order valence-electron chi connectivity index (χ4n) is 2.45. The van der Waals surface area contributed by atoms with Gasteiger partial charge in [-0.05, 0) is 44.0 Å². The van der Waals surface area contributed by atoms with Gasteiger partial charge in [-0.3, -0.25) is 0 Å². The van der Waals surface area contributed by atoms with Crippen molar-refractivity contribution in [2.45, 2.75) is 31.3 Å². The van der Waals surface area contributed by atoms with Crippen LogP contribution in [0.15, 0.2) is 23.1 Å². The predicted molar refractivity (Wildman–Crippen MR) is 84.3 cm³/mol. The highest BCUT2D eigenvalue weighted by Gasteiger charge is 2.23. The van der Waals surface area contributed by atoms with Gasteiger partial charge in [-0.1, -0.05) is 0 Å². The van der Waals surface area contributed by atoms with E-state index in [1.54, 1.807) is 26.2 Å². The standard InChI is InChI=1S/C15H24N2O3S/c1-12(2)20-10-9-17-8-7-13-11-14(5-6-15(13)17)21(18,19)16(3)4/h5-6,11-12H,7-10H2,1-4H3. The first kappa shape index (κ1) is 16.3. The Labute approximate surface area is 127 Å². The fourth-order valence-corrected chi connectivity index (χ4v) is 3.40. The molecule has 2 rings (SSSR count). The first-order valence-corrected chi connectivity index (χ1v) is 8.68. The summed E-state index contributed by atoms with van der Waals surface area (Å²) in [5, 5.41) is 0. The van der Waals surface area contributed by atoms with Crippen molar-refractivity contribution < 1.29 is 13.2 Å². The Bertz CT molecular complexity index is 597. The summed E-state index contributed by atoms with van der Waals surface area (Å²) in [7, 11) is -0.247. The number of anilines is 1. The average Bonchev–Trinajstić information content (AvgIpc) is 2.80. The van der Waals surface area contributed by atoms with Crippen LogP contribution in [0.1, 0.15) is 19.4 Å². The molecule has 1 aliphatic heterocycles. The molecule has 1 aliphatic rings. The summed E-state index contributed by atoms with van der Waals surface area (Å²) in [6, 6.07) is 5.40. The highest BCUT2D eigenvalue weighted by atomic mass is 32.2. The Morgan fingerprint density at radius 1 is 1.33 bits per heavy atom. The Balaban J connectivity index is 2.14. The second kappa shape index (κ2) is 6.34. The predicted octanol–water partition coefficient (Wildman–Crippen LogP) is 1.72. The third kappa shape index (κ3) is 3.56. The maximum Gasteiger partial charge on any atom is 0.242 e. The number of fused-ring (bicyclic) bond motifs is 1. The SMILES string of the molecule is CC(C)OCCN1CCc2cc(S(=O)(=O)N(C)C)ccc21. The minimum absolute atomic E-state index is 0.236. The van der Waals surface area contributed by atoms with Crippen molar-refractivity contribution in [2.75, 3.05) is 38.7 Å². The van der Waals surface area contributed by atoms with Gasteiger partial charge >= 0.3 is 0 Å². The second-order valence-electron chi connectivity index (χ2n) is 5.73. The van der Waals surface area contributed by atoms with Gasteiger partial charge in [0.05, 0.1) is 17.6 Å². The van der Waals surface area contributed by atoms with Crippen molar-refractivity contribution in [1.82, 2.24) is 4.31 Å². The average molecular weight is 312 g/mol. The van der Waals surface area contributed by atoms with Crippen LogP contribution in [0.4, 0.5) is 5.69 Å². The molecule has 1 aromatic carbocycles. The summed E-state index contributed by atoms with van der Waals surface area (Å²) in [5.41, 5.74) is 2.22. The molecule has 0 radical (unpaired) electrons. The van der Waals surface area contributed by atoms with Gasteiger partial charge in [-0.15, -0.1) is 0 Å². The third-order valence-electron chi connectivity index (χ3n) is 3.63. The maximum atomic E-state index is 12.2. The normalized spacial score (nSPS) is 15.0. The molecule has 0 bridgehead atoms. The molecule has 0 fully saturated rings. The van der Waals surface area contributed by atoms with Crippen LogP contribution < -0.4 is 4.90 Å². The Morgan fingerprint density at radius 2 is 2.05 bits per heavy atom. The molecule has 5 nitrogen and oxygen atoms in total. The van der Waals surface area contributed by atoms with Crippen LogP contribution in [-0.4, -0.2) is 52.6 Å². The molecule has 0 aliphatic carbocycles. The molecule has 0 spiro atoms. The van der Waals surface area contributed by atoms with E-state index >= 15 is 0 Å². The minimum atomic E-state index is -3.35. The zero-order chi connectivity index (χ0) is 15.6. The van der Waals surface area contributed by atoms with E-state index < -0.39 is 10.0 Å². The quantitative estimate of drug-likeness (QED) is 0.802. The summed E-state index contributed by atoms with van der Waals surface area (Å²) in [6.45, 7) is 6.49. The van der Waals surface area contributed by atoms with Gasteiger partial charge < -0.3 is 9.64 Å². The van der Waals surface area contributed by atoms with Gasteiger partial charge in [0.2, 0.25) is 10.0 Å². The van der Waals surface area contributed by atoms with Crippen molar-refractivity contribution >= 4 is 15.7 Å². The van der Waals surface area contributed by atoms with Gasteiger partial charge in [0, 0.05) is 32.9 Å². The molecule has 0 aromatic heterocycles. The van der Waals surface area contributed by atoms with Crippen molar-refractivity contribution in [3.63, 3.8) is 0 Å². The Morgan fingerprint density at radius 3 is 2.67 bits per heavy atom. The van der Waals surface area contributed by atoms with Crippen molar-refractivity contribution in [3.8, 4) is 0 Å². The molecule has 6 heteroatoms. The molecule has 0 atom stereocenters. The first-order chi connectivity index (χ1) is 9.82. The second-order valence-corrected chi connectivity index (χ2v) is 7.89. The van der Waals surface area contributed by atoms with E-state index in [0.717, 1.165) is 30.8 Å². The van der Waals surface area contributed by atoms with Gasteiger partial charge in [-0.2, -0.15) is 0 Å². The topological polar surface area (TPSA) is 49.9 Å².